The summed E-state index contributed by atoms with van der Waals surface area (Å²) in [7, 11) is 3.40. The van der Waals surface area contributed by atoms with E-state index < -0.39 is 0 Å². The molecule has 0 bridgehead atoms. The van der Waals surface area contributed by atoms with Crippen LogP contribution >= 0.6 is 0 Å². The van der Waals surface area contributed by atoms with E-state index in [0.717, 1.165) is 75.6 Å². The highest BCUT2D eigenvalue weighted by atomic mass is 16.5. The van der Waals surface area contributed by atoms with Gasteiger partial charge in [-0.2, -0.15) is 4.98 Å². The highest BCUT2D eigenvalue weighted by Gasteiger charge is 2.22. The molecule has 8 heteroatoms. The Morgan fingerprint density at radius 2 is 1.00 bits per heavy atom. The predicted molar refractivity (Wildman–Crippen MR) is 137 cm³/mol. The number of hydrogen-bond acceptors (Lipinski definition) is 8. The van der Waals surface area contributed by atoms with E-state index in [9.17, 15) is 0 Å². The molecule has 3 heterocycles. The van der Waals surface area contributed by atoms with Gasteiger partial charge >= 0.3 is 0 Å². The number of nitrogens with zero attached hydrogens (tertiary/aromatic N) is 6. The van der Waals surface area contributed by atoms with Crippen LogP contribution in [0, 0.1) is 0 Å². The highest BCUT2D eigenvalue weighted by Crippen LogP contribution is 2.24. The van der Waals surface area contributed by atoms with Gasteiger partial charge < -0.3 is 29.1 Å². The van der Waals surface area contributed by atoms with Crippen molar-refractivity contribution < 1.29 is 9.47 Å². The first-order valence-electron chi connectivity index (χ1n) is 11.8. The second kappa shape index (κ2) is 10.1. The second-order valence-corrected chi connectivity index (χ2v) is 8.56. The SMILES string of the molecule is COc1ccc(N2CCN(c3ccnc(N4CCN(c5ccc(OC)cc5)CC4)n3)CC2)cc1. The predicted octanol–water partition coefficient (Wildman–Crippen LogP) is 3.15. The topological polar surface area (TPSA) is 57.2 Å². The molecular weight excluding hydrogens is 428 g/mol. The minimum absolute atomic E-state index is 0.824. The van der Waals surface area contributed by atoms with Crippen molar-refractivity contribution in [2.75, 3.05) is 86.2 Å². The van der Waals surface area contributed by atoms with Gasteiger partial charge in [0.1, 0.15) is 17.3 Å². The van der Waals surface area contributed by atoms with E-state index in [1.165, 1.54) is 11.4 Å². The lowest BCUT2D eigenvalue weighted by molar-refractivity contribution is 0.414. The second-order valence-electron chi connectivity index (χ2n) is 8.56. The Morgan fingerprint density at radius 1 is 0.559 bits per heavy atom. The maximum Gasteiger partial charge on any atom is 0.227 e. The Balaban J connectivity index is 1.17. The Hall–Kier alpha value is -3.68. The third-order valence-electron chi connectivity index (χ3n) is 6.67. The lowest BCUT2D eigenvalue weighted by atomic mass is 10.2. The number of methoxy groups -OCH3 is 2. The summed E-state index contributed by atoms with van der Waals surface area (Å²) in [5.41, 5.74) is 2.46. The number of aromatic nitrogens is 2. The van der Waals surface area contributed by atoms with Gasteiger partial charge in [-0.1, -0.05) is 0 Å². The molecule has 34 heavy (non-hydrogen) atoms. The van der Waals surface area contributed by atoms with Crippen LogP contribution in [0.25, 0.3) is 0 Å². The average molecular weight is 461 g/mol. The fourth-order valence-corrected chi connectivity index (χ4v) is 4.61. The van der Waals surface area contributed by atoms with Crippen LogP contribution in [0.15, 0.2) is 60.8 Å². The molecule has 0 saturated carbocycles. The lowest BCUT2D eigenvalue weighted by Gasteiger charge is -2.38. The van der Waals surface area contributed by atoms with Crippen molar-refractivity contribution in [2.24, 2.45) is 0 Å². The third kappa shape index (κ3) is 4.81. The van der Waals surface area contributed by atoms with Crippen LogP contribution < -0.4 is 29.1 Å². The normalized spacial score (nSPS) is 16.5. The van der Waals surface area contributed by atoms with Crippen molar-refractivity contribution in [1.29, 1.82) is 0 Å². The number of benzene rings is 2. The van der Waals surface area contributed by atoms with Gasteiger partial charge in [-0.3, -0.25) is 0 Å². The van der Waals surface area contributed by atoms with Gasteiger partial charge in [-0.05, 0) is 54.6 Å². The molecule has 1 aromatic heterocycles. The molecule has 0 unspecified atom stereocenters. The summed E-state index contributed by atoms with van der Waals surface area (Å²) in [6.07, 6.45) is 1.89. The molecule has 2 saturated heterocycles. The van der Waals surface area contributed by atoms with Crippen LogP contribution in [-0.4, -0.2) is 76.5 Å². The Labute approximate surface area is 201 Å². The van der Waals surface area contributed by atoms with Gasteiger partial charge in [0.25, 0.3) is 0 Å². The zero-order valence-electron chi connectivity index (χ0n) is 19.9. The molecule has 0 amide bonds. The van der Waals surface area contributed by atoms with Crippen molar-refractivity contribution >= 4 is 23.1 Å². The van der Waals surface area contributed by atoms with Gasteiger partial charge in [-0.25, -0.2) is 4.98 Å². The Kier molecular flexibility index (Phi) is 6.56. The number of piperazine rings is 2. The highest BCUT2D eigenvalue weighted by molar-refractivity contribution is 5.53. The number of ether oxygens (including phenoxy) is 2. The van der Waals surface area contributed by atoms with Crippen LogP contribution in [0.1, 0.15) is 0 Å². The van der Waals surface area contributed by atoms with Crippen molar-refractivity contribution in [1.82, 2.24) is 9.97 Å². The van der Waals surface area contributed by atoms with E-state index in [1.807, 2.05) is 36.5 Å². The molecule has 2 aliphatic heterocycles. The fraction of sp³-hybridized carbons (Fsp3) is 0.385. The summed E-state index contributed by atoms with van der Waals surface area (Å²) >= 11 is 0. The monoisotopic (exact) mass is 460 g/mol. The summed E-state index contributed by atoms with van der Waals surface area (Å²) in [5, 5.41) is 0. The van der Waals surface area contributed by atoms with Gasteiger partial charge in [0, 0.05) is 69.9 Å². The van der Waals surface area contributed by atoms with E-state index in [4.69, 9.17) is 14.5 Å². The van der Waals surface area contributed by atoms with E-state index in [0.29, 0.717) is 0 Å². The standard InChI is InChI=1S/C26H32N6O2/c1-33-23-7-3-21(4-8-23)29-13-17-31(18-14-29)25-11-12-27-26(28-25)32-19-15-30(16-20-32)22-5-9-24(34-2)10-6-22/h3-12H,13-20H2,1-2H3. The maximum atomic E-state index is 5.28. The van der Waals surface area contributed by atoms with Crippen LogP contribution in [0.4, 0.5) is 23.1 Å². The Morgan fingerprint density at radius 3 is 1.47 bits per heavy atom. The third-order valence-corrected chi connectivity index (χ3v) is 6.67. The molecule has 0 N–H and O–H groups in total. The van der Waals surface area contributed by atoms with E-state index in [2.05, 4.69) is 48.8 Å². The molecule has 2 fully saturated rings. The summed E-state index contributed by atoms with van der Waals surface area (Å²) in [6.45, 7) is 7.50. The fourth-order valence-electron chi connectivity index (χ4n) is 4.61. The van der Waals surface area contributed by atoms with Crippen molar-refractivity contribution in [3.05, 3.63) is 60.8 Å². The molecule has 8 nitrogen and oxygen atoms in total. The van der Waals surface area contributed by atoms with Crippen molar-refractivity contribution in [2.45, 2.75) is 0 Å². The van der Waals surface area contributed by atoms with Crippen LogP contribution in [-0.2, 0) is 0 Å². The van der Waals surface area contributed by atoms with Crippen LogP contribution in [0.5, 0.6) is 11.5 Å². The zero-order chi connectivity index (χ0) is 23.3. The molecule has 0 spiro atoms. The quantitative estimate of drug-likeness (QED) is 0.556. The average Bonchev–Trinajstić information content (AvgIpc) is 2.93. The first-order chi connectivity index (χ1) is 16.7. The van der Waals surface area contributed by atoms with Gasteiger partial charge in [0.05, 0.1) is 14.2 Å². The molecule has 2 aromatic carbocycles. The van der Waals surface area contributed by atoms with Crippen LogP contribution in [0.2, 0.25) is 0 Å². The largest absolute Gasteiger partial charge is 0.497 e. The van der Waals surface area contributed by atoms with Crippen LogP contribution in [0.3, 0.4) is 0 Å². The molecule has 3 aromatic rings. The lowest BCUT2D eigenvalue weighted by Crippen LogP contribution is -2.48. The molecule has 5 rings (SSSR count). The number of hydrogen-bond donors (Lipinski definition) is 0. The molecule has 0 atom stereocenters. The maximum absolute atomic E-state index is 5.28. The molecular formula is C26H32N6O2. The first-order valence-corrected chi connectivity index (χ1v) is 11.8. The number of anilines is 4. The minimum atomic E-state index is 0.824. The minimum Gasteiger partial charge on any atom is -0.497 e. The van der Waals surface area contributed by atoms with Gasteiger partial charge in [0.15, 0.2) is 0 Å². The molecule has 178 valence electrons. The summed E-state index contributed by atoms with van der Waals surface area (Å²) in [4.78, 5) is 19.0. The molecule has 2 aliphatic rings. The van der Waals surface area contributed by atoms with Gasteiger partial charge in [-0.15, -0.1) is 0 Å². The molecule has 0 radical (unpaired) electrons. The number of rotatable bonds is 6. The van der Waals surface area contributed by atoms with Crippen molar-refractivity contribution in [3.63, 3.8) is 0 Å². The zero-order valence-corrected chi connectivity index (χ0v) is 19.9. The first kappa shape index (κ1) is 22.1. The van der Waals surface area contributed by atoms with E-state index in [-0.39, 0.29) is 0 Å². The molecule has 0 aliphatic carbocycles. The van der Waals surface area contributed by atoms with E-state index in [1.54, 1.807) is 14.2 Å². The smallest absolute Gasteiger partial charge is 0.227 e. The summed E-state index contributed by atoms with van der Waals surface area (Å²) in [5.74, 6) is 3.61. The van der Waals surface area contributed by atoms with Gasteiger partial charge in [0.2, 0.25) is 5.95 Å². The van der Waals surface area contributed by atoms with Crippen molar-refractivity contribution in [3.8, 4) is 11.5 Å². The summed E-state index contributed by atoms with van der Waals surface area (Å²) in [6, 6.07) is 18.6. The summed E-state index contributed by atoms with van der Waals surface area (Å²) < 4.78 is 10.6. The Bertz CT molecular complexity index is 977. The van der Waals surface area contributed by atoms with E-state index >= 15 is 0 Å².